The lowest BCUT2D eigenvalue weighted by molar-refractivity contribution is -0.137. The third-order valence-corrected chi connectivity index (χ3v) is 3.78. The van der Waals surface area contributed by atoms with Gasteiger partial charge in [-0.05, 0) is 48.2 Å². The predicted octanol–water partition coefficient (Wildman–Crippen LogP) is 5.74. The van der Waals surface area contributed by atoms with Crippen LogP contribution in [-0.4, -0.2) is 13.1 Å². The fraction of sp³-hybridized carbons (Fsp3) is 0.368. The summed E-state index contributed by atoms with van der Waals surface area (Å²) in [4.78, 5) is 0. The van der Waals surface area contributed by atoms with Gasteiger partial charge in [-0.3, -0.25) is 0 Å². The number of alkyl halides is 3. The first-order chi connectivity index (χ1) is 11.4. The van der Waals surface area contributed by atoms with Crippen LogP contribution in [0.2, 0.25) is 0 Å². The van der Waals surface area contributed by atoms with Gasteiger partial charge in [0.25, 0.3) is 0 Å². The summed E-state index contributed by atoms with van der Waals surface area (Å²) in [5.74, 6) is 0.510. The molecule has 130 valence electrons. The van der Waals surface area contributed by atoms with Crippen molar-refractivity contribution in [1.29, 1.82) is 0 Å². The topological polar surface area (TPSA) is 24.1 Å². The predicted molar refractivity (Wildman–Crippen MR) is 93.6 cm³/mol. The van der Waals surface area contributed by atoms with Gasteiger partial charge in [-0.25, -0.2) is 0 Å². The minimum Gasteiger partial charge on any atom is -0.385 e. The first-order valence-corrected chi connectivity index (χ1v) is 8.11. The van der Waals surface area contributed by atoms with Gasteiger partial charge in [0.2, 0.25) is 0 Å². The summed E-state index contributed by atoms with van der Waals surface area (Å²) in [5, 5.41) is 6.34. The molecule has 0 aliphatic carbocycles. The summed E-state index contributed by atoms with van der Waals surface area (Å²) in [5.41, 5.74) is 2.22. The van der Waals surface area contributed by atoms with E-state index >= 15 is 0 Å². The van der Waals surface area contributed by atoms with E-state index in [4.69, 9.17) is 0 Å². The van der Waals surface area contributed by atoms with E-state index in [-0.39, 0.29) is 0 Å². The molecule has 0 unspecified atom stereocenters. The van der Waals surface area contributed by atoms with E-state index in [2.05, 4.69) is 48.7 Å². The molecule has 0 aromatic heterocycles. The van der Waals surface area contributed by atoms with Gasteiger partial charge in [0.1, 0.15) is 0 Å². The normalized spacial score (nSPS) is 11.6. The molecule has 24 heavy (non-hydrogen) atoms. The molecule has 5 heteroatoms. The lowest BCUT2D eigenvalue weighted by atomic mass is 10.0. The van der Waals surface area contributed by atoms with Gasteiger partial charge >= 0.3 is 6.18 Å². The summed E-state index contributed by atoms with van der Waals surface area (Å²) >= 11 is 0. The molecule has 0 spiro atoms. The molecule has 0 fully saturated rings. The van der Waals surface area contributed by atoms with Crippen molar-refractivity contribution >= 4 is 11.4 Å². The molecule has 0 saturated carbocycles. The molecule has 0 aliphatic rings. The third-order valence-electron chi connectivity index (χ3n) is 3.78. The average molecular weight is 336 g/mol. The highest BCUT2D eigenvalue weighted by Gasteiger charge is 2.30. The summed E-state index contributed by atoms with van der Waals surface area (Å²) in [7, 11) is 0. The van der Waals surface area contributed by atoms with Crippen LogP contribution in [0.3, 0.4) is 0 Å². The van der Waals surface area contributed by atoms with E-state index in [1.165, 1.54) is 11.6 Å². The van der Waals surface area contributed by atoms with E-state index < -0.39 is 11.7 Å². The highest BCUT2D eigenvalue weighted by atomic mass is 19.4. The molecule has 2 rings (SSSR count). The van der Waals surface area contributed by atoms with Crippen LogP contribution in [-0.2, 0) is 6.18 Å². The van der Waals surface area contributed by atoms with Gasteiger partial charge in [-0.15, -0.1) is 0 Å². The molecule has 0 bridgehead atoms. The zero-order valence-electron chi connectivity index (χ0n) is 14.0. The second kappa shape index (κ2) is 8.08. The van der Waals surface area contributed by atoms with E-state index in [9.17, 15) is 13.2 Å². The zero-order valence-corrected chi connectivity index (χ0v) is 14.0. The summed E-state index contributed by atoms with van der Waals surface area (Å²) in [6.45, 7) is 5.68. The van der Waals surface area contributed by atoms with Crippen LogP contribution in [0.4, 0.5) is 24.5 Å². The molecular formula is C19H23F3N2. The van der Waals surface area contributed by atoms with Crippen LogP contribution in [0, 0.1) is 0 Å². The van der Waals surface area contributed by atoms with E-state index in [1.807, 2.05) is 0 Å². The van der Waals surface area contributed by atoms with Crippen molar-refractivity contribution in [3.8, 4) is 0 Å². The quantitative estimate of drug-likeness (QED) is 0.630. The van der Waals surface area contributed by atoms with Gasteiger partial charge in [0.05, 0.1) is 5.56 Å². The van der Waals surface area contributed by atoms with Crippen molar-refractivity contribution < 1.29 is 13.2 Å². The third kappa shape index (κ3) is 5.48. The molecule has 2 aromatic rings. The number of benzene rings is 2. The summed E-state index contributed by atoms with van der Waals surface area (Å²) in [6.07, 6.45) is -3.50. The fourth-order valence-corrected chi connectivity index (χ4v) is 2.35. The van der Waals surface area contributed by atoms with E-state index in [0.29, 0.717) is 18.2 Å². The Morgan fingerprint density at radius 1 is 0.875 bits per heavy atom. The van der Waals surface area contributed by atoms with Gasteiger partial charge in [-0.2, -0.15) is 13.2 Å². The van der Waals surface area contributed by atoms with Crippen molar-refractivity contribution in [2.24, 2.45) is 0 Å². The van der Waals surface area contributed by atoms with Crippen LogP contribution in [0.25, 0.3) is 0 Å². The Hall–Kier alpha value is -2.17. The summed E-state index contributed by atoms with van der Waals surface area (Å²) in [6, 6.07) is 13.6. The van der Waals surface area contributed by atoms with Crippen molar-refractivity contribution in [3.63, 3.8) is 0 Å². The van der Waals surface area contributed by atoms with Crippen molar-refractivity contribution in [3.05, 3.63) is 59.7 Å². The Labute approximate surface area is 141 Å². The highest BCUT2D eigenvalue weighted by molar-refractivity contribution is 5.47. The van der Waals surface area contributed by atoms with Crippen molar-refractivity contribution in [2.45, 2.75) is 32.4 Å². The molecule has 0 radical (unpaired) electrons. The number of nitrogens with one attached hydrogen (secondary N) is 2. The maximum atomic E-state index is 12.6. The SMILES string of the molecule is CC(C)c1ccc(NCCCNc2cccc(C(F)(F)F)c2)cc1. The largest absolute Gasteiger partial charge is 0.416 e. The van der Waals surface area contributed by atoms with Crippen LogP contribution in [0.15, 0.2) is 48.5 Å². The minimum absolute atomic E-state index is 0.492. The Morgan fingerprint density at radius 2 is 1.50 bits per heavy atom. The van der Waals surface area contributed by atoms with E-state index in [0.717, 1.165) is 30.8 Å². The van der Waals surface area contributed by atoms with Gasteiger partial charge < -0.3 is 10.6 Å². The molecule has 0 heterocycles. The lowest BCUT2D eigenvalue weighted by Gasteiger charge is -2.12. The number of hydrogen-bond acceptors (Lipinski definition) is 2. The van der Waals surface area contributed by atoms with Crippen LogP contribution < -0.4 is 10.6 Å². The number of hydrogen-bond donors (Lipinski definition) is 2. The molecule has 0 atom stereocenters. The molecule has 0 amide bonds. The standard InChI is InChI=1S/C19H23F3N2/c1-14(2)15-7-9-17(10-8-15)23-11-4-12-24-18-6-3-5-16(13-18)19(20,21)22/h3,5-10,13-14,23-24H,4,11-12H2,1-2H3. The molecule has 2 N–H and O–H groups in total. The Kier molecular flexibility index (Phi) is 6.12. The Morgan fingerprint density at radius 3 is 2.08 bits per heavy atom. The van der Waals surface area contributed by atoms with Gasteiger partial charge in [0.15, 0.2) is 0 Å². The minimum atomic E-state index is -4.30. The van der Waals surface area contributed by atoms with Crippen LogP contribution >= 0.6 is 0 Å². The monoisotopic (exact) mass is 336 g/mol. The fourth-order valence-electron chi connectivity index (χ4n) is 2.35. The maximum absolute atomic E-state index is 12.6. The second-order valence-corrected chi connectivity index (χ2v) is 6.06. The van der Waals surface area contributed by atoms with Crippen LogP contribution in [0.5, 0.6) is 0 Å². The molecule has 2 nitrogen and oxygen atoms in total. The first-order valence-electron chi connectivity index (χ1n) is 8.11. The van der Waals surface area contributed by atoms with Gasteiger partial charge in [-0.1, -0.05) is 32.0 Å². The average Bonchev–Trinajstić information content (AvgIpc) is 2.54. The lowest BCUT2D eigenvalue weighted by Crippen LogP contribution is -2.10. The molecule has 2 aromatic carbocycles. The Bertz CT molecular complexity index is 634. The zero-order chi connectivity index (χ0) is 17.6. The smallest absolute Gasteiger partial charge is 0.385 e. The number of rotatable bonds is 7. The molecule has 0 aliphatic heterocycles. The van der Waals surface area contributed by atoms with Crippen molar-refractivity contribution in [2.75, 3.05) is 23.7 Å². The summed E-state index contributed by atoms with van der Waals surface area (Å²) < 4.78 is 37.9. The molecular weight excluding hydrogens is 313 g/mol. The maximum Gasteiger partial charge on any atom is 0.416 e. The van der Waals surface area contributed by atoms with Gasteiger partial charge in [0, 0.05) is 24.5 Å². The van der Waals surface area contributed by atoms with Crippen LogP contribution in [0.1, 0.15) is 37.3 Å². The van der Waals surface area contributed by atoms with E-state index in [1.54, 1.807) is 6.07 Å². The second-order valence-electron chi connectivity index (χ2n) is 6.06. The first kappa shape index (κ1) is 18.2. The number of anilines is 2. The Balaban J connectivity index is 1.73. The molecule has 0 saturated heterocycles. The number of halogens is 3. The van der Waals surface area contributed by atoms with Crippen molar-refractivity contribution in [1.82, 2.24) is 0 Å². The highest BCUT2D eigenvalue weighted by Crippen LogP contribution is 2.30.